The van der Waals surface area contributed by atoms with Crippen LogP contribution in [0.25, 0.3) is 10.8 Å². The highest BCUT2D eigenvalue weighted by atomic mass is 16.6. The number of ether oxygens (including phenoxy) is 2. The molecule has 9 nitrogen and oxygen atoms in total. The SMILES string of the molecule is CC(C)(C)OC(=O)NN(C(=O)OC(C)(C)C)[C@H](CO)[C@@H](NC(=O)c1ccccc1)c1ccc2ccccc2c1. The van der Waals surface area contributed by atoms with Crippen molar-refractivity contribution in [2.24, 2.45) is 0 Å². The molecule has 0 bridgehead atoms. The Morgan fingerprint density at radius 3 is 2.00 bits per heavy atom. The smallest absolute Gasteiger partial charge is 0.429 e. The van der Waals surface area contributed by atoms with E-state index in [1.807, 2.05) is 42.5 Å². The Morgan fingerprint density at radius 2 is 1.41 bits per heavy atom. The van der Waals surface area contributed by atoms with Crippen molar-refractivity contribution in [2.75, 3.05) is 6.61 Å². The van der Waals surface area contributed by atoms with Crippen molar-refractivity contribution in [1.29, 1.82) is 0 Å². The average Bonchev–Trinajstić information content (AvgIpc) is 2.85. The number of amides is 3. The molecular formula is C30H37N3O6. The summed E-state index contributed by atoms with van der Waals surface area (Å²) in [6, 6.07) is 19.7. The molecule has 0 unspecified atom stereocenters. The summed E-state index contributed by atoms with van der Waals surface area (Å²) in [6.07, 6.45) is -1.84. The first kappa shape index (κ1) is 29.4. The second-order valence-corrected chi connectivity index (χ2v) is 11.1. The number of nitrogens with zero attached hydrogens (tertiary/aromatic N) is 1. The lowest BCUT2D eigenvalue weighted by Crippen LogP contribution is -2.59. The molecule has 0 heterocycles. The highest BCUT2D eigenvalue weighted by molar-refractivity contribution is 5.94. The van der Waals surface area contributed by atoms with E-state index < -0.39 is 48.0 Å². The number of rotatable bonds is 6. The van der Waals surface area contributed by atoms with Crippen molar-refractivity contribution in [2.45, 2.75) is 64.8 Å². The monoisotopic (exact) mass is 535 g/mol. The van der Waals surface area contributed by atoms with E-state index in [1.54, 1.807) is 71.9 Å². The Hall–Kier alpha value is -4.11. The lowest BCUT2D eigenvalue weighted by molar-refractivity contribution is -0.0221. The maximum atomic E-state index is 13.4. The highest BCUT2D eigenvalue weighted by Gasteiger charge is 2.37. The summed E-state index contributed by atoms with van der Waals surface area (Å²) in [5, 5.41) is 16.3. The molecule has 0 saturated carbocycles. The maximum absolute atomic E-state index is 13.4. The number of hydrogen-bond acceptors (Lipinski definition) is 6. The fourth-order valence-electron chi connectivity index (χ4n) is 3.93. The Labute approximate surface area is 229 Å². The number of fused-ring (bicyclic) bond motifs is 1. The average molecular weight is 536 g/mol. The van der Waals surface area contributed by atoms with Gasteiger partial charge in [0.1, 0.15) is 17.2 Å². The molecule has 3 aromatic carbocycles. The second-order valence-electron chi connectivity index (χ2n) is 11.1. The third kappa shape index (κ3) is 8.44. The molecule has 39 heavy (non-hydrogen) atoms. The van der Waals surface area contributed by atoms with Crippen LogP contribution in [0.3, 0.4) is 0 Å². The van der Waals surface area contributed by atoms with Crippen LogP contribution in [0.4, 0.5) is 9.59 Å². The van der Waals surface area contributed by atoms with Gasteiger partial charge in [-0.25, -0.2) is 20.0 Å². The van der Waals surface area contributed by atoms with E-state index >= 15 is 0 Å². The van der Waals surface area contributed by atoms with Crippen molar-refractivity contribution in [3.8, 4) is 0 Å². The largest absolute Gasteiger partial charge is 0.443 e. The molecule has 0 fully saturated rings. The van der Waals surface area contributed by atoms with Crippen LogP contribution < -0.4 is 10.7 Å². The van der Waals surface area contributed by atoms with Gasteiger partial charge in [0.15, 0.2) is 0 Å². The van der Waals surface area contributed by atoms with Gasteiger partial charge in [-0.3, -0.25) is 4.79 Å². The van der Waals surface area contributed by atoms with Gasteiger partial charge in [0.2, 0.25) is 0 Å². The number of hydrogen-bond donors (Lipinski definition) is 3. The third-order valence-corrected chi connectivity index (χ3v) is 5.56. The first-order chi connectivity index (χ1) is 18.3. The summed E-state index contributed by atoms with van der Waals surface area (Å²) in [5.74, 6) is -0.423. The Balaban J connectivity index is 2.08. The lowest BCUT2D eigenvalue weighted by atomic mass is 9.96. The van der Waals surface area contributed by atoms with Gasteiger partial charge in [0.25, 0.3) is 5.91 Å². The van der Waals surface area contributed by atoms with Gasteiger partial charge in [0, 0.05) is 5.56 Å². The molecule has 0 aromatic heterocycles. The zero-order valence-electron chi connectivity index (χ0n) is 23.2. The van der Waals surface area contributed by atoms with Gasteiger partial charge in [-0.1, -0.05) is 54.6 Å². The van der Waals surface area contributed by atoms with Crippen LogP contribution in [0.5, 0.6) is 0 Å². The van der Waals surface area contributed by atoms with Crippen LogP contribution in [-0.2, 0) is 9.47 Å². The molecular weight excluding hydrogens is 498 g/mol. The van der Waals surface area contributed by atoms with E-state index in [0.717, 1.165) is 15.8 Å². The van der Waals surface area contributed by atoms with Crippen LogP contribution >= 0.6 is 0 Å². The Morgan fingerprint density at radius 1 is 0.821 bits per heavy atom. The standard InChI is InChI=1S/C30H37N3O6/c1-29(2,3)38-27(36)32-33(28(37)39-30(4,5)6)24(19-34)25(31-26(35)21-13-8-7-9-14-21)23-17-16-20-12-10-11-15-22(20)18-23/h7-18,24-25,34H,19H2,1-6H3,(H,31,35)(H,32,36)/t24-,25+/m1/s1. The summed E-state index contributed by atoms with van der Waals surface area (Å²) in [6.45, 7) is 9.48. The van der Waals surface area contributed by atoms with Crippen molar-refractivity contribution in [1.82, 2.24) is 15.8 Å². The minimum absolute atomic E-state index is 0.392. The van der Waals surface area contributed by atoms with E-state index in [2.05, 4.69) is 10.7 Å². The van der Waals surface area contributed by atoms with E-state index in [1.165, 1.54) is 0 Å². The number of aliphatic hydroxyl groups excluding tert-OH is 1. The number of carbonyl (C=O) groups is 3. The number of carbonyl (C=O) groups excluding carboxylic acids is 3. The molecule has 9 heteroatoms. The molecule has 208 valence electrons. The molecule has 0 saturated heterocycles. The molecule has 3 amide bonds. The van der Waals surface area contributed by atoms with Crippen molar-refractivity contribution >= 4 is 28.9 Å². The van der Waals surface area contributed by atoms with Crippen LogP contribution in [0.1, 0.15) is 63.5 Å². The minimum Gasteiger partial charge on any atom is -0.443 e. The van der Waals surface area contributed by atoms with Crippen molar-refractivity contribution in [3.05, 3.63) is 83.9 Å². The predicted molar refractivity (Wildman–Crippen MR) is 149 cm³/mol. The molecule has 3 aromatic rings. The van der Waals surface area contributed by atoms with Crippen LogP contribution in [0.2, 0.25) is 0 Å². The summed E-state index contributed by atoms with van der Waals surface area (Å²) < 4.78 is 10.9. The van der Waals surface area contributed by atoms with Crippen LogP contribution in [0, 0.1) is 0 Å². The molecule has 2 atom stereocenters. The number of nitrogens with one attached hydrogen (secondary N) is 2. The van der Waals surface area contributed by atoms with Gasteiger partial charge in [-0.15, -0.1) is 0 Å². The lowest BCUT2D eigenvalue weighted by Gasteiger charge is -2.37. The fraction of sp³-hybridized carbons (Fsp3) is 0.367. The predicted octanol–water partition coefficient (Wildman–Crippen LogP) is 5.35. The van der Waals surface area contributed by atoms with Crippen molar-refractivity contribution < 1.29 is 29.0 Å². The van der Waals surface area contributed by atoms with Crippen molar-refractivity contribution in [3.63, 3.8) is 0 Å². The van der Waals surface area contributed by atoms with Gasteiger partial charge < -0.3 is 19.9 Å². The third-order valence-electron chi connectivity index (χ3n) is 5.56. The molecule has 0 aliphatic rings. The number of benzene rings is 3. The molecule has 0 radical (unpaired) electrons. The minimum atomic E-state index is -1.17. The zero-order chi connectivity index (χ0) is 28.8. The number of aliphatic hydroxyl groups is 1. The van der Waals surface area contributed by atoms with E-state index in [-0.39, 0.29) is 0 Å². The Kier molecular flexibility index (Phi) is 9.19. The maximum Gasteiger partial charge on any atom is 0.429 e. The normalized spacial score (nSPS) is 13.2. The van der Waals surface area contributed by atoms with Gasteiger partial charge in [-0.05, 0) is 76.1 Å². The fourth-order valence-corrected chi connectivity index (χ4v) is 3.93. The van der Waals surface area contributed by atoms with E-state index in [0.29, 0.717) is 11.1 Å². The molecule has 3 N–H and O–H groups in total. The molecule has 0 aliphatic carbocycles. The quantitative estimate of drug-likeness (QED) is 0.367. The van der Waals surface area contributed by atoms with Gasteiger partial charge in [-0.2, -0.15) is 0 Å². The summed E-state index contributed by atoms with van der Waals surface area (Å²) >= 11 is 0. The topological polar surface area (TPSA) is 117 Å². The highest BCUT2D eigenvalue weighted by Crippen LogP contribution is 2.27. The van der Waals surface area contributed by atoms with E-state index in [4.69, 9.17) is 9.47 Å². The Bertz CT molecular complexity index is 1300. The summed E-state index contributed by atoms with van der Waals surface area (Å²) in [7, 11) is 0. The molecule has 0 spiro atoms. The molecule has 0 aliphatic heterocycles. The van der Waals surface area contributed by atoms with Crippen LogP contribution in [0.15, 0.2) is 72.8 Å². The van der Waals surface area contributed by atoms with E-state index in [9.17, 15) is 19.5 Å². The summed E-state index contributed by atoms with van der Waals surface area (Å²) in [5.41, 5.74) is 1.68. The number of hydrazine groups is 1. The first-order valence-electron chi connectivity index (χ1n) is 12.7. The zero-order valence-corrected chi connectivity index (χ0v) is 23.2. The van der Waals surface area contributed by atoms with Crippen LogP contribution in [-0.4, -0.2) is 52.1 Å². The summed E-state index contributed by atoms with van der Waals surface area (Å²) in [4.78, 5) is 39.5. The molecule has 3 rings (SSSR count). The second kappa shape index (κ2) is 12.2. The van der Waals surface area contributed by atoms with Gasteiger partial charge in [0.05, 0.1) is 12.6 Å². The first-order valence-corrected chi connectivity index (χ1v) is 12.7. The van der Waals surface area contributed by atoms with Gasteiger partial charge >= 0.3 is 12.2 Å².